The van der Waals surface area contributed by atoms with Crippen molar-refractivity contribution >= 4 is 17.6 Å². The maximum atomic E-state index is 13.0. The highest BCUT2D eigenvalue weighted by atomic mass is 19.2. The number of amides is 1. The zero-order chi connectivity index (χ0) is 13.9. The van der Waals surface area contributed by atoms with Gasteiger partial charge in [0.2, 0.25) is 5.91 Å². The molecule has 0 heterocycles. The van der Waals surface area contributed by atoms with E-state index in [2.05, 4.69) is 0 Å². The van der Waals surface area contributed by atoms with Gasteiger partial charge in [0.1, 0.15) is 0 Å². The van der Waals surface area contributed by atoms with E-state index in [4.69, 9.17) is 10.8 Å². The van der Waals surface area contributed by atoms with E-state index in [-0.39, 0.29) is 5.69 Å². The third-order valence-electron chi connectivity index (χ3n) is 2.33. The molecular weight excluding hydrogens is 246 g/mol. The van der Waals surface area contributed by atoms with Crippen LogP contribution in [0, 0.1) is 11.6 Å². The van der Waals surface area contributed by atoms with Gasteiger partial charge in [-0.1, -0.05) is 0 Å². The van der Waals surface area contributed by atoms with Gasteiger partial charge in [0, 0.05) is 18.8 Å². The molecule has 0 bridgehead atoms. The van der Waals surface area contributed by atoms with Gasteiger partial charge in [-0.25, -0.2) is 8.78 Å². The van der Waals surface area contributed by atoms with E-state index in [1.807, 2.05) is 0 Å². The summed E-state index contributed by atoms with van der Waals surface area (Å²) in [4.78, 5) is 23.1. The predicted octanol–water partition coefficient (Wildman–Crippen LogP) is 0.730. The highest BCUT2D eigenvalue weighted by Crippen LogP contribution is 2.17. The Morgan fingerprint density at radius 2 is 2.00 bits per heavy atom. The van der Waals surface area contributed by atoms with Gasteiger partial charge >= 0.3 is 5.97 Å². The Hall–Kier alpha value is -2.02. The molecule has 1 amide bonds. The molecule has 0 fully saturated rings. The summed E-state index contributed by atoms with van der Waals surface area (Å²) in [6.45, 7) is 0. The third-order valence-corrected chi connectivity index (χ3v) is 2.33. The average molecular weight is 258 g/mol. The number of hydrogen-bond donors (Lipinski definition) is 2. The fourth-order valence-electron chi connectivity index (χ4n) is 1.35. The molecule has 0 radical (unpaired) electrons. The van der Waals surface area contributed by atoms with E-state index in [1.165, 1.54) is 13.1 Å². The van der Waals surface area contributed by atoms with Crippen LogP contribution >= 0.6 is 0 Å². The maximum absolute atomic E-state index is 13.0. The fraction of sp³-hybridized carbons (Fsp3) is 0.273. The number of carbonyl (C=O) groups excluding carboxylic acids is 1. The van der Waals surface area contributed by atoms with Crippen LogP contribution in [0.2, 0.25) is 0 Å². The molecule has 7 heteroatoms. The van der Waals surface area contributed by atoms with Gasteiger partial charge in [-0.2, -0.15) is 0 Å². The van der Waals surface area contributed by atoms with Crippen molar-refractivity contribution in [2.45, 2.75) is 12.5 Å². The summed E-state index contributed by atoms with van der Waals surface area (Å²) in [5.41, 5.74) is 5.48. The standard InChI is InChI=1S/C11H12F2N2O3/c1-15(11(18)9(14)5-10(16)17)6-2-3-7(12)8(13)4-6/h2-4,9H,5,14H2,1H3,(H,16,17). The van der Waals surface area contributed by atoms with Crippen molar-refractivity contribution in [1.82, 2.24) is 0 Å². The number of halogens is 2. The molecule has 0 aliphatic carbocycles. The topological polar surface area (TPSA) is 83.6 Å². The number of nitrogens with zero attached hydrogens (tertiary/aromatic N) is 1. The van der Waals surface area contributed by atoms with Crippen molar-refractivity contribution in [3.05, 3.63) is 29.8 Å². The molecule has 0 saturated heterocycles. The molecule has 5 nitrogen and oxygen atoms in total. The molecule has 3 N–H and O–H groups in total. The van der Waals surface area contributed by atoms with Gasteiger partial charge < -0.3 is 15.7 Å². The molecule has 0 aromatic heterocycles. The van der Waals surface area contributed by atoms with E-state index >= 15 is 0 Å². The van der Waals surface area contributed by atoms with Crippen LogP contribution in [0.25, 0.3) is 0 Å². The first-order valence-electron chi connectivity index (χ1n) is 5.03. The minimum atomic E-state index is -1.24. The van der Waals surface area contributed by atoms with E-state index in [1.54, 1.807) is 0 Å². The molecular formula is C11H12F2N2O3. The summed E-state index contributed by atoms with van der Waals surface area (Å²) < 4.78 is 25.7. The Morgan fingerprint density at radius 1 is 1.39 bits per heavy atom. The fourth-order valence-corrected chi connectivity index (χ4v) is 1.35. The first-order valence-corrected chi connectivity index (χ1v) is 5.03. The zero-order valence-corrected chi connectivity index (χ0v) is 9.56. The van der Waals surface area contributed by atoms with Gasteiger partial charge in [-0.3, -0.25) is 9.59 Å². The molecule has 0 aliphatic heterocycles. The first kappa shape index (κ1) is 14.0. The minimum Gasteiger partial charge on any atom is -0.481 e. The van der Waals surface area contributed by atoms with Crippen LogP contribution in [-0.4, -0.2) is 30.1 Å². The molecule has 1 rings (SSSR count). The van der Waals surface area contributed by atoms with Crippen LogP contribution in [0.3, 0.4) is 0 Å². The number of carboxylic acid groups (broad SMARTS) is 1. The number of carboxylic acids is 1. The Kier molecular flexibility index (Phi) is 4.33. The molecule has 0 spiro atoms. The highest BCUT2D eigenvalue weighted by Gasteiger charge is 2.22. The number of carbonyl (C=O) groups is 2. The second-order valence-electron chi connectivity index (χ2n) is 3.70. The summed E-state index contributed by atoms with van der Waals surface area (Å²) in [5, 5.41) is 8.51. The zero-order valence-electron chi connectivity index (χ0n) is 9.56. The van der Waals surface area contributed by atoms with Gasteiger partial charge in [-0.15, -0.1) is 0 Å². The van der Waals surface area contributed by atoms with Crippen molar-refractivity contribution in [2.24, 2.45) is 5.73 Å². The largest absolute Gasteiger partial charge is 0.481 e. The second kappa shape index (κ2) is 5.54. The van der Waals surface area contributed by atoms with Crippen molar-refractivity contribution in [3.63, 3.8) is 0 Å². The number of likely N-dealkylation sites (N-methyl/N-ethyl adjacent to an activating group) is 1. The van der Waals surface area contributed by atoms with Crippen molar-refractivity contribution in [3.8, 4) is 0 Å². The molecule has 1 atom stereocenters. The lowest BCUT2D eigenvalue weighted by atomic mass is 10.2. The summed E-state index contributed by atoms with van der Waals surface area (Å²) in [7, 11) is 1.30. The number of nitrogens with two attached hydrogens (primary N) is 1. The third kappa shape index (κ3) is 3.24. The van der Waals surface area contributed by atoms with Gasteiger partial charge in [0.15, 0.2) is 11.6 Å². The molecule has 98 valence electrons. The normalized spacial score (nSPS) is 12.0. The monoisotopic (exact) mass is 258 g/mol. The lowest BCUT2D eigenvalue weighted by Crippen LogP contribution is -2.43. The molecule has 18 heavy (non-hydrogen) atoms. The van der Waals surface area contributed by atoms with Crippen molar-refractivity contribution < 1.29 is 23.5 Å². The Labute approximate surface area is 102 Å². The van der Waals surface area contributed by atoms with Crippen molar-refractivity contribution in [1.29, 1.82) is 0 Å². The Balaban J connectivity index is 2.85. The van der Waals surface area contributed by atoms with E-state index in [9.17, 15) is 18.4 Å². The maximum Gasteiger partial charge on any atom is 0.305 e. The second-order valence-corrected chi connectivity index (χ2v) is 3.70. The number of benzene rings is 1. The average Bonchev–Trinajstić information content (AvgIpc) is 2.30. The summed E-state index contributed by atoms with van der Waals surface area (Å²) in [5.74, 6) is -4.04. The van der Waals surface area contributed by atoms with E-state index in [0.29, 0.717) is 0 Å². The molecule has 1 aromatic rings. The number of anilines is 1. The van der Waals surface area contributed by atoms with Gasteiger partial charge in [0.05, 0.1) is 12.5 Å². The number of hydrogen-bond acceptors (Lipinski definition) is 3. The van der Waals surface area contributed by atoms with Crippen LogP contribution in [0.4, 0.5) is 14.5 Å². The SMILES string of the molecule is CN(C(=O)C(N)CC(=O)O)c1ccc(F)c(F)c1. The summed E-state index contributed by atoms with van der Waals surface area (Å²) in [6, 6.07) is 1.67. The number of aliphatic carboxylic acids is 1. The Bertz CT molecular complexity index is 479. The van der Waals surface area contributed by atoms with Crippen LogP contribution in [0.5, 0.6) is 0 Å². The smallest absolute Gasteiger partial charge is 0.305 e. The minimum absolute atomic E-state index is 0.0970. The molecule has 0 aliphatic rings. The van der Waals surface area contributed by atoms with Gasteiger partial charge in [-0.05, 0) is 12.1 Å². The molecule has 0 saturated carbocycles. The summed E-state index contributed by atoms with van der Waals surface area (Å²) in [6.07, 6.45) is -0.535. The quantitative estimate of drug-likeness (QED) is 0.833. The van der Waals surface area contributed by atoms with Gasteiger partial charge in [0.25, 0.3) is 0 Å². The highest BCUT2D eigenvalue weighted by molar-refractivity contribution is 5.98. The van der Waals surface area contributed by atoms with Crippen LogP contribution < -0.4 is 10.6 Å². The lowest BCUT2D eigenvalue weighted by molar-refractivity contribution is -0.139. The predicted molar refractivity (Wildman–Crippen MR) is 60.0 cm³/mol. The Morgan fingerprint density at radius 3 is 2.50 bits per heavy atom. The van der Waals surface area contributed by atoms with E-state index in [0.717, 1.165) is 17.0 Å². The summed E-state index contributed by atoms with van der Waals surface area (Å²) >= 11 is 0. The van der Waals surface area contributed by atoms with Crippen LogP contribution in [-0.2, 0) is 9.59 Å². The first-order chi connectivity index (χ1) is 8.32. The van der Waals surface area contributed by atoms with Crippen LogP contribution in [0.15, 0.2) is 18.2 Å². The van der Waals surface area contributed by atoms with Crippen LogP contribution in [0.1, 0.15) is 6.42 Å². The van der Waals surface area contributed by atoms with Crippen molar-refractivity contribution in [2.75, 3.05) is 11.9 Å². The molecule has 1 unspecified atom stereocenters. The molecule has 1 aromatic carbocycles. The number of rotatable bonds is 4. The lowest BCUT2D eigenvalue weighted by Gasteiger charge is -2.20. The van der Waals surface area contributed by atoms with E-state index < -0.39 is 36.0 Å².